The normalized spacial score (nSPS) is 17.1. The molecular formula is C16H17ClFN3O3. The molecule has 1 saturated heterocycles. The van der Waals surface area contributed by atoms with Gasteiger partial charge >= 0.3 is 0 Å². The second kappa shape index (κ2) is 7.92. The number of benzene rings is 1. The first kappa shape index (κ1) is 17.9. The van der Waals surface area contributed by atoms with Crippen molar-refractivity contribution in [3.8, 4) is 0 Å². The molecule has 8 heteroatoms. The maximum atomic E-state index is 13.6. The topological polar surface area (TPSA) is 78.5 Å². The van der Waals surface area contributed by atoms with Crippen LogP contribution in [-0.4, -0.2) is 35.7 Å². The van der Waals surface area contributed by atoms with Crippen LogP contribution < -0.4 is 10.9 Å². The van der Waals surface area contributed by atoms with E-state index in [4.69, 9.17) is 11.6 Å². The lowest BCUT2D eigenvalue weighted by atomic mass is 9.97. The number of carbonyl (C=O) groups excluding carboxylic acids is 3. The monoisotopic (exact) mass is 353 g/mol. The summed E-state index contributed by atoms with van der Waals surface area (Å²) in [6, 6.07) is 3.85. The van der Waals surface area contributed by atoms with E-state index in [1.165, 1.54) is 23.1 Å². The molecule has 0 aromatic heterocycles. The second-order valence-corrected chi connectivity index (χ2v) is 5.77. The molecule has 0 saturated carbocycles. The zero-order chi connectivity index (χ0) is 17.7. The molecule has 6 nitrogen and oxygen atoms in total. The van der Waals surface area contributed by atoms with Gasteiger partial charge in [-0.15, -0.1) is 0 Å². The highest BCUT2D eigenvalue weighted by Crippen LogP contribution is 2.19. The summed E-state index contributed by atoms with van der Waals surface area (Å²) in [5, 5.41) is -0.0535. The van der Waals surface area contributed by atoms with Crippen molar-refractivity contribution < 1.29 is 18.8 Å². The molecule has 1 aliphatic heterocycles. The molecule has 128 valence electrons. The van der Waals surface area contributed by atoms with E-state index in [1.807, 2.05) is 0 Å². The summed E-state index contributed by atoms with van der Waals surface area (Å²) in [4.78, 5) is 37.2. The Balaban J connectivity index is 1.94. The van der Waals surface area contributed by atoms with Crippen LogP contribution in [0.5, 0.6) is 0 Å². The molecule has 0 aliphatic carbocycles. The van der Waals surface area contributed by atoms with Gasteiger partial charge in [-0.3, -0.25) is 25.2 Å². The van der Waals surface area contributed by atoms with E-state index in [2.05, 4.69) is 17.4 Å². The van der Waals surface area contributed by atoms with E-state index < -0.39 is 23.5 Å². The van der Waals surface area contributed by atoms with Crippen LogP contribution in [0.3, 0.4) is 0 Å². The second-order valence-electron chi connectivity index (χ2n) is 5.37. The summed E-state index contributed by atoms with van der Waals surface area (Å²) in [7, 11) is 0. The Labute approximate surface area is 143 Å². The van der Waals surface area contributed by atoms with E-state index in [0.29, 0.717) is 19.4 Å². The molecule has 1 heterocycles. The number of hydrazine groups is 1. The first-order valence-electron chi connectivity index (χ1n) is 7.39. The van der Waals surface area contributed by atoms with Gasteiger partial charge in [0.15, 0.2) is 0 Å². The van der Waals surface area contributed by atoms with Crippen LogP contribution in [0.2, 0.25) is 5.02 Å². The predicted molar refractivity (Wildman–Crippen MR) is 86.5 cm³/mol. The van der Waals surface area contributed by atoms with Gasteiger partial charge in [-0.1, -0.05) is 24.2 Å². The summed E-state index contributed by atoms with van der Waals surface area (Å²) in [5.74, 6) is -2.78. The highest BCUT2D eigenvalue weighted by Gasteiger charge is 2.28. The summed E-state index contributed by atoms with van der Waals surface area (Å²) >= 11 is 5.79. The molecule has 1 fully saturated rings. The van der Waals surface area contributed by atoms with Crippen molar-refractivity contribution in [1.82, 2.24) is 15.8 Å². The number of amides is 3. The predicted octanol–water partition coefficient (Wildman–Crippen LogP) is 1.66. The Bertz CT molecular complexity index is 660. The fourth-order valence-corrected chi connectivity index (χ4v) is 2.77. The van der Waals surface area contributed by atoms with Crippen molar-refractivity contribution in [2.24, 2.45) is 5.92 Å². The van der Waals surface area contributed by atoms with Gasteiger partial charge < -0.3 is 4.90 Å². The molecule has 2 N–H and O–H groups in total. The van der Waals surface area contributed by atoms with Gasteiger partial charge in [0.25, 0.3) is 5.91 Å². The minimum atomic E-state index is -0.846. The van der Waals surface area contributed by atoms with E-state index in [0.717, 1.165) is 6.07 Å². The van der Waals surface area contributed by atoms with Crippen LogP contribution in [0.1, 0.15) is 23.2 Å². The molecule has 3 amide bonds. The summed E-state index contributed by atoms with van der Waals surface area (Å²) in [5.41, 5.74) is 4.06. The largest absolute Gasteiger partial charge is 0.338 e. The Kier molecular flexibility index (Phi) is 5.92. The lowest BCUT2D eigenvalue weighted by molar-refractivity contribution is -0.132. The Morgan fingerprint density at radius 2 is 2.08 bits per heavy atom. The lowest BCUT2D eigenvalue weighted by Gasteiger charge is -2.31. The fraction of sp³-hybridized carbons (Fsp3) is 0.312. The number of likely N-dealkylation sites (tertiary alicyclic amines) is 1. The molecule has 0 spiro atoms. The van der Waals surface area contributed by atoms with E-state index in [-0.39, 0.29) is 23.0 Å². The van der Waals surface area contributed by atoms with Gasteiger partial charge in [0.2, 0.25) is 11.8 Å². The Hall–Kier alpha value is -2.41. The quantitative estimate of drug-likeness (QED) is 0.641. The minimum Gasteiger partial charge on any atom is -0.338 e. The smallest absolute Gasteiger partial charge is 0.274 e. The summed E-state index contributed by atoms with van der Waals surface area (Å²) in [6.07, 6.45) is 2.45. The van der Waals surface area contributed by atoms with E-state index in [9.17, 15) is 18.8 Å². The molecule has 0 bridgehead atoms. The maximum absolute atomic E-state index is 13.6. The van der Waals surface area contributed by atoms with Crippen molar-refractivity contribution in [3.63, 3.8) is 0 Å². The van der Waals surface area contributed by atoms with Crippen molar-refractivity contribution >= 4 is 29.3 Å². The lowest BCUT2D eigenvalue weighted by Crippen LogP contribution is -2.50. The average molecular weight is 354 g/mol. The SMILES string of the molecule is C=CC(=O)N1CCCC(C(=O)NNC(=O)c2c(F)cccc2Cl)C1. The van der Waals surface area contributed by atoms with Crippen molar-refractivity contribution in [1.29, 1.82) is 0 Å². The zero-order valence-electron chi connectivity index (χ0n) is 12.9. The first-order valence-corrected chi connectivity index (χ1v) is 7.77. The molecule has 1 atom stereocenters. The molecular weight excluding hydrogens is 337 g/mol. The number of carbonyl (C=O) groups is 3. The van der Waals surface area contributed by atoms with Crippen molar-refractivity contribution in [2.75, 3.05) is 13.1 Å². The number of piperidine rings is 1. The number of hydrogen-bond donors (Lipinski definition) is 2. The average Bonchev–Trinajstić information content (AvgIpc) is 2.58. The third kappa shape index (κ3) is 4.11. The van der Waals surface area contributed by atoms with Crippen LogP contribution in [0.4, 0.5) is 4.39 Å². The molecule has 0 radical (unpaired) electrons. The number of halogens is 2. The highest BCUT2D eigenvalue weighted by atomic mass is 35.5. The third-order valence-corrected chi connectivity index (χ3v) is 4.08. The number of hydrogen-bond acceptors (Lipinski definition) is 3. The van der Waals surface area contributed by atoms with Crippen LogP contribution in [0.25, 0.3) is 0 Å². The minimum absolute atomic E-state index is 0.0535. The maximum Gasteiger partial charge on any atom is 0.274 e. The first-order chi connectivity index (χ1) is 11.4. The Morgan fingerprint density at radius 1 is 1.33 bits per heavy atom. The van der Waals surface area contributed by atoms with Gasteiger partial charge in [-0.2, -0.15) is 0 Å². The molecule has 24 heavy (non-hydrogen) atoms. The van der Waals surface area contributed by atoms with Crippen molar-refractivity contribution in [3.05, 3.63) is 47.3 Å². The fourth-order valence-electron chi connectivity index (χ4n) is 2.52. The van der Waals surface area contributed by atoms with Crippen LogP contribution >= 0.6 is 11.6 Å². The van der Waals surface area contributed by atoms with Crippen LogP contribution in [-0.2, 0) is 9.59 Å². The van der Waals surface area contributed by atoms with Gasteiger partial charge in [0.1, 0.15) is 5.82 Å². The van der Waals surface area contributed by atoms with Gasteiger partial charge in [0, 0.05) is 13.1 Å². The van der Waals surface area contributed by atoms with Gasteiger partial charge in [-0.25, -0.2) is 4.39 Å². The molecule has 1 aromatic rings. The van der Waals surface area contributed by atoms with E-state index in [1.54, 1.807) is 0 Å². The molecule has 2 rings (SSSR count). The van der Waals surface area contributed by atoms with Crippen LogP contribution in [0, 0.1) is 11.7 Å². The highest BCUT2D eigenvalue weighted by molar-refractivity contribution is 6.33. The number of rotatable bonds is 3. The molecule has 1 unspecified atom stereocenters. The standard InChI is InChI=1S/C16H17ClFN3O3/c1-2-13(22)21-8-4-5-10(9-21)15(23)19-20-16(24)14-11(17)6-3-7-12(14)18/h2-3,6-7,10H,1,4-5,8-9H2,(H,19,23)(H,20,24). The number of nitrogens with zero attached hydrogens (tertiary/aromatic N) is 1. The van der Waals surface area contributed by atoms with Crippen LogP contribution in [0.15, 0.2) is 30.9 Å². The summed E-state index contributed by atoms with van der Waals surface area (Å²) < 4.78 is 13.6. The summed E-state index contributed by atoms with van der Waals surface area (Å²) in [6.45, 7) is 4.22. The Morgan fingerprint density at radius 3 is 2.75 bits per heavy atom. The molecule has 1 aliphatic rings. The zero-order valence-corrected chi connectivity index (χ0v) is 13.6. The van der Waals surface area contributed by atoms with E-state index >= 15 is 0 Å². The number of nitrogens with one attached hydrogen (secondary N) is 2. The van der Waals surface area contributed by atoms with Gasteiger partial charge in [0.05, 0.1) is 16.5 Å². The van der Waals surface area contributed by atoms with Crippen molar-refractivity contribution in [2.45, 2.75) is 12.8 Å². The molecule has 1 aromatic carbocycles. The van der Waals surface area contributed by atoms with Gasteiger partial charge in [-0.05, 0) is 31.1 Å². The third-order valence-electron chi connectivity index (χ3n) is 3.77.